The molecule has 0 radical (unpaired) electrons. The average molecular weight is 1340 g/mol. The predicted octanol–water partition coefficient (Wildman–Crippen LogP) is 15.3. The van der Waals surface area contributed by atoms with E-state index in [0.717, 1.165) is 94.2 Å². The van der Waals surface area contributed by atoms with Crippen molar-refractivity contribution in [1.29, 1.82) is 0 Å². The second kappa shape index (κ2) is 30.1. The smallest absolute Gasteiger partial charge is 0.433 e. The highest BCUT2D eigenvalue weighted by Gasteiger charge is 2.54. The number of aldehydes is 1. The van der Waals surface area contributed by atoms with Gasteiger partial charge in [-0.25, -0.2) is 9.59 Å². The van der Waals surface area contributed by atoms with E-state index in [1.165, 1.54) is 60.5 Å². The number of pyridine rings is 3. The zero-order valence-corrected chi connectivity index (χ0v) is 55.2. The van der Waals surface area contributed by atoms with Gasteiger partial charge in [-0.1, -0.05) is 103 Å². The Balaban J connectivity index is 0.000000158. The van der Waals surface area contributed by atoms with E-state index in [1.54, 1.807) is 0 Å². The Morgan fingerprint density at radius 3 is 1.21 bits per heavy atom. The lowest BCUT2D eigenvalue weighted by Crippen LogP contribution is -2.44. The van der Waals surface area contributed by atoms with Gasteiger partial charge in [-0.05, 0) is 163 Å². The molecule has 2 amide bonds. The van der Waals surface area contributed by atoms with Crippen molar-refractivity contribution in [2.45, 2.75) is 178 Å². The van der Waals surface area contributed by atoms with Gasteiger partial charge in [0.15, 0.2) is 6.29 Å². The zero-order valence-electron chi connectivity index (χ0n) is 55.2. The minimum atomic E-state index is -4.44. The number of benzene rings is 3. The minimum absolute atomic E-state index is 0.0416. The number of hydrogen-bond acceptors (Lipinski definition) is 12. The number of rotatable bonds is 22. The van der Waals surface area contributed by atoms with Crippen LogP contribution in [0.15, 0.2) is 146 Å². The molecule has 0 bridgehead atoms. The molecule has 3 aromatic heterocycles. The van der Waals surface area contributed by atoms with Crippen molar-refractivity contribution in [2.24, 2.45) is 22.0 Å². The summed E-state index contributed by atoms with van der Waals surface area (Å²) in [5.74, 6) is 1.38. The van der Waals surface area contributed by atoms with Crippen LogP contribution in [0, 0.1) is 16.2 Å². The fraction of sp³-hybridized carbons (Fsp3) is 0.507. The number of nitrogens with two attached hydrogens (primary N) is 1. The van der Waals surface area contributed by atoms with Gasteiger partial charge in [-0.2, -0.15) is 39.5 Å². The summed E-state index contributed by atoms with van der Waals surface area (Å²) in [4.78, 5) is 49.8. The molecule has 23 heteroatoms. The number of alkyl halides is 9. The van der Waals surface area contributed by atoms with E-state index in [-0.39, 0.29) is 40.7 Å². The molecule has 6 aliphatic carbocycles. The van der Waals surface area contributed by atoms with Crippen LogP contribution in [0.5, 0.6) is 0 Å². The number of halogens is 9. The Morgan fingerprint density at radius 1 is 0.500 bits per heavy atom. The number of nitrogens with one attached hydrogen (secondary N) is 3. The van der Waals surface area contributed by atoms with E-state index in [4.69, 9.17) is 15.2 Å². The molecule has 0 aliphatic heterocycles. The molecule has 0 spiro atoms. The summed E-state index contributed by atoms with van der Waals surface area (Å²) in [7, 11) is 0. The van der Waals surface area contributed by atoms with Crippen molar-refractivity contribution in [2.75, 3.05) is 39.3 Å². The molecule has 6 fully saturated rings. The molecule has 5 N–H and O–H groups in total. The third kappa shape index (κ3) is 21.8. The summed E-state index contributed by atoms with van der Waals surface area (Å²) in [6.45, 7) is 16.9. The lowest BCUT2D eigenvalue weighted by molar-refractivity contribution is -0.142. The van der Waals surface area contributed by atoms with E-state index in [2.05, 4.69) is 91.6 Å². The number of carbonyl (C=O) groups is 3. The zero-order chi connectivity index (χ0) is 69.3. The maximum absolute atomic E-state index is 13.1. The van der Waals surface area contributed by atoms with E-state index in [1.807, 2.05) is 81.7 Å². The lowest BCUT2D eigenvalue weighted by Gasteiger charge is -2.31. The Labute approximate surface area is 556 Å². The van der Waals surface area contributed by atoms with E-state index >= 15 is 0 Å². The maximum Gasteiger partial charge on any atom is 0.433 e. The van der Waals surface area contributed by atoms with Crippen LogP contribution in [0.4, 0.5) is 49.1 Å². The first-order valence-corrected chi connectivity index (χ1v) is 32.8. The standard InChI is InChI=1S/C26H32F3N3O2.C21H24F3N3.C19H28N2O2.C7H4F3NO/c1-24(2,3)34-23(33)32(21-13-20(21)19-7-5-4-6-8-19)17-25(11-12-25)16-30-14-18-9-10-22(31-15-18)26(27,28)29;22-21(23,24)19-7-6-15(12-26-19)11-25-13-20(8-9-20)14-27-18-10-17(18)16-4-2-1-3-5-16;1-18(2,3)23-17(22)21(13-19(12-20)9-10-19)16-11-15(16)14-7-5-4-6-8-14;8-7(9,10)6-2-1-5(4-12)3-11-6/h4-10,15,20-21,30H,11-14,16-17H2,1-3H3;1-7,12,17-18,25,27H,8-11,13-14H2;4-8,15-16H,9-13,20H2,1-3H3;1-4H/t20?,21-;17?,18-;15?,16-;/m000./s1. The van der Waals surface area contributed by atoms with Crippen LogP contribution in [0.3, 0.4) is 0 Å². The van der Waals surface area contributed by atoms with Crippen molar-refractivity contribution < 1.29 is 63.4 Å². The molecule has 518 valence electrons. The van der Waals surface area contributed by atoms with Crippen molar-refractivity contribution in [1.82, 2.24) is 40.7 Å². The van der Waals surface area contributed by atoms with Crippen molar-refractivity contribution >= 4 is 18.5 Å². The SMILES string of the molecule is CC(C)(C)OC(=O)N(CC1(CN)CC1)[C@H]1CC1c1ccccc1.CC(C)(C)OC(=O)N(CC1(CNCc2ccc(C(F)(F)F)nc2)CC1)[C@H]1CC1c1ccccc1.FC(F)(F)c1ccc(CNCC2(CN[C@H]3CC3c3ccccc3)CC2)cn1.O=Cc1ccc(C(F)(F)F)nc1. The van der Waals surface area contributed by atoms with Gasteiger partial charge >= 0.3 is 30.7 Å². The first-order valence-electron chi connectivity index (χ1n) is 32.8. The van der Waals surface area contributed by atoms with E-state index in [0.29, 0.717) is 73.8 Å². The lowest BCUT2D eigenvalue weighted by atomic mass is 10.1. The fourth-order valence-corrected chi connectivity index (χ4v) is 11.7. The first-order chi connectivity index (χ1) is 45.3. The quantitative estimate of drug-likeness (QED) is 0.0374. The highest BCUT2D eigenvalue weighted by Crippen LogP contribution is 2.53. The van der Waals surface area contributed by atoms with Crippen LogP contribution in [0.25, 0.3) is 0 Å². The summed E-state index contributed by atoms with van der Waals surface area (Å²) in [6, 6.07) is 39.1. The Kier molecular flexibility index (Phi) is 22.8. The van der Waals surface area contributed by atoms with Crippen molar-refractivity contribution in [3.05, 3.63) is 196 Å². The number of nitrogens with zero attached hydrogens (tertiary/aromatic N) is 5. The normalized spacial score (nSPS) is 21.4. The maximum atomic E-state index is 13.1. The summed E-state index contributed by atoms with van der Waals surface area (Å²) in [6.07, 6.45) is -0.0944. The molecule has 12 rings (SSSR count). The third-order valence-electron chi connectivity index (χ3n) is 18.2. The number of hydrogen-bond donors (Lipinski definition) is 4. The van der Waals surface area contributed by atoms with Gasteiger partial charge in [0.1, 0.15) is 28.3 Å². The van der Waals surface area contributed by atoms with Crippen LogP contribution in [0.2, 0.25) is 0 Å². The van der Waals surface area contributed by atoms with Gasteiger partial charge in [0, 0.05) is 117 Å². The van der Waals surface area contributed by atoms with Gasteiger partial charge in [0.05, 0.1) is 0 Å². The molecule has 96 heavy (non-hydrogen) atoms. The van der Waals surface area contributed by atoms with E-state index in [9.17, 15) is 53.9 Å². The highest BCUT2D eigenvalue weighted by atomic mass is 19.4. The number of carbonyl (C=O) groups excluding carboxylic acids is 3. The first kappa shape index (κ1) is 72.8. The van der Waals surface area contributed by atoms with Gasteiger partial charge in [0.2, 0.25) is 0 Å². The average Bonchev–Trinajstić information content (AvgIpc) is 1.41. The Bertz CT molecular complexity index is 3470. The Morgan fingerprint density at radius 2 is 0.875 bits per heavy atom. The summed E-state index contributed by atoms with van der Waals surface area (Å²) in [5, 5.41) is 10.4. The Hall–Kier alpha value is -7.47. The second-order valence-electron chi connectivity index (χ2n) is 28.7. The molecule has 6 aliphatic rings. The predicted molar refractivity (Wildman–Crippen MR) is 347 cm³/mol. The molecule has 14 nitrogen and oxygen atoms in total. The molecule has 6 atom stereocenters. The van der Waals surface area contributed by atoms with Gasteiger partial charge in [0.25, 0.3) is 0 Å². The van der Waals surface area contributed by atoms with Crippen LogP contribution in [0.1, 0.15) is 172 Å². The fourth-order valence-electron chi connectivity index (χ4n) is 11.7. The molecule has 0 saturated heterocycles. The van der Waals surface area contributed by atoms with Gasteiger partial charge < -0.3 is 41.0 Å². The van der Waals surface area contributed by atoms with Crippen LogP contribution in [-0.4, -0.2) is 112 Å². The number of ether oxygens (including phenoxy) is 2. The summed E-state index contributed by atoms with van der Waals surface area (Å²) >= 11 is 0. The monoisotopic (exact) mass is 1340 g/mol. The van der Waals surface area contributed by atoms with Crippen LogP contribution >= 0.6 is 0 Å². The topological polar surface area (TPSA) is 177 Å². The van der Waals surface area contributed by atoms with Gasteiger partial charge in [-0.3, -0.25) is 19.7 Å². The van der Waals surface area contributed by atoms with Crippen LogP contribution < -0.4 is 21.7 Å². The van der Waals surface area contributed by atoms with Crippen molar-refractivity contribution in [3.63, 3.8) is 0 Å². The second-order valence-corrected chi connectivity index (χ2v) is 28.7. The van der Waals surface area contributed by atoms with Gasteiger partial charge in [-0.15, -0.1) is 0 Å². The summed E-state index contributed by atoms with van der Waals surface area (Å²) < 4.78 is 123. The molecular weight excluding hydrogens is 1250 g/mol. The molecule has 6 aromatic rings. The molecular formula is C73H88F9N9O5. The molecule has 3 heterocycles. The van der Waals surface area contributed by atoms with Crippen LogP contribution in [-0.2, 0) is 41.1 Å². The highest BCUT2D eigenvalue weighted by molar-refractivity contribution is 5.74. The largest absolute Gasteiger partial charge is 0.444 e. The van der Waals surface area contributed by atoms with E-state index < -0.39 is 46.8 Å². The third-order valence-corrected chi connectivity index (χ3v) is 18.2. The minimum Gasteiger partial charge on any atom is -0.444 e. The molecule has 3 unspecified atom stereocenters. The molecule has 6 saturated carbocycles. The molecule has 3 aromatic carbocycles. The number of aromatic nitrogens is 3. The number of amides is 2. The summed E-state index contributed by atoms with van der Waals surface area (Å²) in [5.41, 5.74) is 8.10. The van der Waals surface area contributed by atoms with Crippen molar-refractivity contribution in [3.8, 4) is 0 Å².